The summed E-state index contributed by atoms with van der Waals surface area (Å²) >= 11 is 0. The smallest absolute Gasteiger partial charge is 0.303 e. The van der Waals surface area contributed by atoms with E-state index in [0.717, 1.165) is 32.4 Å². The summed E-state index contributed by atoms with van der Waals surface area (Å²) in [7, 11) is 0. The zero-order valence-electron chi connectivity index (χ0n) is 13.3. The zero-order valence-corrected chi connectivity index (χ0v) is 13.3. The fourth-order valence-electron chi connectivity index (χ4n) is 3.06. The fraction of sp³-hybridized carbons (Fsp3) is 0.471. The van der Waals surface area contributed by atoms with Crippen molar-refractivity contribution in [1.82, 2.24) is 15.0 Å². The minimum absolute atomic E-state index is 0.239. The first-order chi connectivity index (χ1) is 11.6. The maximum atomic E-state index is 13.0. The molecular formula is C17H20FN3O3. The van der Waals surface area contributed by atoms with Crippen molar-refractivity contribution >= 4 is 5.97 Å². The van der Waals surface area contributed by atoms with Crippen LogP contribution in [0.4, 0.5) is 4.39 Å². The van der Waals surface area contributed by atoms with E-state index in [1.54, 1.807) is 12.1 Å². The molecule has 0 saturated carbocycles. The topological polar surface area (TPSA) is 79.5 Å². The molecule has 0 spiro atoms. The second kappa shape index (κ2) is 7.53. The minimum atomic E-state index is -0.728. The first kappa shape index (κ1) is 16.6. The number of rotatable bonds is 5. The largest absolute Gasteiger partial charge is 0.481 e. The molecule has 1 aromatic carbocycles. The number of hydrogen-bond acceptors (Lipinski definition) is 5. The Bertz CT molecular complexity index is 687. The SMILES string of the molecule is O=C(O)CC1CCCN(Cc2nc(-c3ccc(F)cc3)no2)CC1. The molecule has 1 unspecified atom stereocenters. The Morgan fingerprint density at radius 1 is 1.29 bits per heavy atom. The highest BCUT2D eigenvalue weighted by molar-refractivity contribution is 5.67. The van der Waals surface area contributed by atoms with Crippen LogP contribution >= 0.6 is 0 Å². The molecule has 2 heterocycles. The van der Waals surface area contributed by atoms with Crippen LogP contribution in [0.2, 0.25) is 0 Å². The molecule has 1 aliphatic heterocycles. The van der Waals surface area contributed by atoms with E-state index in [-0.39, 0.29) is 18.2 Å². The van der Waals surface area contributed by atoms with Crippen LogP contribution in [0.5, 0.6) is 0 Å². The van der Waals surface area contributed by atoms with E-state index in [9.17, 15) is 9.18 Å². The van der Waals surface area contributed by atoms with Gasteiger partial charge in [-0.3, -0.25) is 9.69 Å². The monoisotopic (exact) mass is 333 g/mol. The first-order valence-corrected chi connectivity index (χ1v) is 8.13. The number of hydrogen-bond donors (Lipinski definition) is 1. The quantitative estimate of drug-likeness (QED) is 0.906. The normalized spacial score (nSPS) is 19.1. The highest BCUT2D eigenvalue weighted by atomic mass is 19.1. The van der Waals surface area contributed by atoms with Gasteiger partial charge in [0.1, 0.15) is 5.82 Å². The van der Waals surface area contributed by atoms with E-state index >= 15 is 0 Å². The number of carboxylic acids is 1. The highest BCUT2D eigenvalue weighted by Gasteiger charge is 2.21. The third-order valence-electron chi connectivity index (χ3n) is 4.33. The summed E-state index contributed by atoms with van der Waals surface area (Å²) in [6.45, 7) is 2.27. The lowest BCUT2D eigenvalue weighted by molar-refractivity contribution is -0.138. The summed E-state index contributed by atoms with van der Waals surface area (Å²) in [5.41, 5.74) is 0.712. The molecule has 2 aromatic rings. The van der Waals surface area contributed by atoms with E-state index < -0.39 is 5.97 Å². The predicted octanol–water partition coefficient (Wildman–Crippen LogP) is 2.95. The van der Waals surface area contributed by atoms with Gasteiger partial charge in [-0.25, -0.2) is 4.39 Å². The van der Waals surface area contributed by atoms with Gasteiger partial charge in [-0.05, 0) is 62.5 Å². The molecule has 1 saturated heterocycles. The van der Waals surface area contributed by atoms with E-state index in [2.05, 4.69) is 15.0 Å². The van der Waals surface area contributed by atoms with Gasteiger partial charge in [0.15, 0.2) is 0 Å². The molecule has 1 aromatic heterocycles. The summed E-state index contributed by atoms with van der Waals surface area (Å²) in [4.78, 5) is 17.4. The number of aliphatic carboxylic acids is 1. The van der Waals surface area contributed by atoms with Crippen molar-refractivity contribution in [3.05, 3.63) is 36.0 Å². The van der Waals surface area contributed by atoms with Crippen molar-refractivity contribution in [1.29, 1.82) is 0 Å². The molecule has 0 radical (unpaired) electrons. The lowest BCUT2D eigenvalue weighted by Gasteiger charge is -2.17. The molecular weight excluding hydrogens is 313 g/mol. The van der Waals surface area contributed by atoms with Crippen LogP contribution in [-0.2, 0) is 11.3 Å². The van der Waals surface area contributed by atoms with E-state index in [1.165, 1.54) is 12.1 Å². The number of aromatic nitrogens is 2. The maximum absolute atomic E-state index is 13.0. The van der Waals surface area contributed by atoms with Crippen molar-refractivity contribution in [2.45, 2.75) is 32.2 Å². The molecule has 1 N–H and O–H groups in total. The Balaban J connectivity index is 1.58. The summed E-state index contributed by atoms with van der Waals surface area (Å²) in [5, 5.41) is 12.9. The number of carbonyl (C=O) groups is 1. The van der Waals surface area contributed by atoms with Crippen molar-refractivity contribution < 1.29 is 18.8 Å². The van der Waals surface area contributed by atoms with E-state index in [4.69, 9.17) is 9.63 Å². The number of likely N-dealkylation sites (tertiary alicyclic amines) is 1. The highest BCUT2D eigenvalue weighted by Crippen LogP contribution is 2.22. The van der Waals surface area contributed by atoms with Gasteiger partial charge in [0.2, 0.25) is 11.7 Å². The Morgan fingerprint density at radius 3 is 2.83 bits per heavy atom. The summed E-state index contributed by atoms with van der Waals surface area (Å²) in [5.74, 6) is 0.178. The molecule has 0 aliphatic carbocycles. The number of halogens is 1. The molecule has 128 valence electrons. The standard InChI is InChI=1S/C17H20FN3O3/c18-14-5-3-13(4-6-14)17-19-15(24-20-17)11-21-8-1-2-12(7-9-21)10-16(22)23/h3-6,12H,1-2,7-11H2,(H,22,23). The van der Waals surface area contributed by atoms with Gasteiger partial charge < -0.3 is 9.63 Å². The molecule has 0 amide bonds. The third kappa shape index (κ3) is 4.38. The van der Waals surface area contributed by atoms with Crippen molar-refractivity contribution in [2.24, 2.45) is 5.92 Å². The van der Waals surface area contributed by atoms with Gasteiger partial charge in [0.25, 0.3) is 0 Å². The van der Waals surface area contributed by atoms with Crippen LogP contribution < -0.4 is 0 Å². The number of carboxylic acid groups (broad SMARTS) is 1. The Labute approximate surface area is 139 Å². The minimum Gasteiger partial charge on any atom is -0.481 e. The Kier molecular flexibility index (Phi) is 5.20. The second-order valence-corrected chi connectivity index (χ2v) is 6.19. The lowest BCUT2D eigenvalue weighted by atomic mass is 9.97. The molecule has 3 rings (SSSR count). The molecule has 24 heavy (non-hydrogen) atoms. The van der Waals surface area contributed by atoms with Crippen LogP contribution in [0, 0.1) is 11.7 Å². The average molecular weight is 333 g/mol. The Hall–Kier alpha value is -2.28. The molecule has 1 atom stereocenters. The van der Waals surface area contributed by atoms with Gasteiger partial charge in [-0.15, -0.1) is 0 Å². The van der Waals surface area contributed by atoms with E-state index in [1.807, 2.05) is 0 Å². The number of nitrogens with zero attached hydrogens (tertiary/aromatic N) is 3. The van der Waals surface area contributed by atoms with Crippen LogP contribution in [0.1, 0.15) is 31.6 Å². The van der Waals surface area contributed by atoms with Gasteiger partial charge in [0, 0.05) is 12.0 Å². The molecule has 7 heteroatoms. The van der Waals surface area contributed by atoms with Crippen molar-refractivity contribution in [2.75, 3.05) is 13.1 Å². The summed E-state index contributed by atoms with van der Waals surface area (Å²) < 4.78 is 18.3. The first-order valence-electron chi connectivity index (χ1n) is 8.13. The molecule has 1 fully saturated rings. The fourth-order valence-corrected chi connectivity index (χ4v) is 3.06. The van der Waals surface area contributed by atoms with Gasteiger partial charge in [-0.2, -0.15) is 4.98 Å². The number of benzene rings is 1. The van der Waals surface area contributed by atoms with E-state index in [0.29, 0.717) is 23.8 Å². The van der Waals surface area contributed by atoms with Gasteiger partial charge in [0.05, 0.1) is 6.54 Å². The van der Waals surface area contributed by atoms with Gasteiger partial charge in [-0.1, -0.05) is 5.16 Å². The maximum Gasteiger partial charge on any atom is 0.303 e. The van der Waals surface area contributed by atoms with Crippen molar-refractivity contribution in [3.8, 4) is 11.4 Å². The van der Waals surface area contributed by atoms with Crippen LogP contribution in [0.25, 0.3) is 11.4 Å². The lowest BCUT2D eigenvalue weighted by Crippen LogP contribution is -2.24. The van der Waals surface area contributed by atoms with Crippen LogP contribution in [-0.4, -0.2) is 39.2 Å². The second-order valence-electron chi connectivity index (χ2n) is 6.19. The third-order valence-corrected chi connectivity index (χ3v) is 4.33. The summed E-state index contributed by atoms with van der Waals surface area (Å²) in [6, 6.07) is 5.96. The van der Waals surface area contributed by atoms with Crippen LogP contribution in [0.15, 0.2) is 28.8 Å². The summed E-state index contributed by atoms with van der Waals surface area (Å²) in [6.07, 6.45) is 3.01. The molecule has 0 bridgehead atoms. The Morgan fingerprint density at radius 2 is 2.08 bits per heavy atom. The van der Waals surface area contributed by atoms with Crippen LogP contribution in [0.3, 0.4) is 0 Å². The predicted molar refractivity (Wildman–Crippen MR) is 84.6 cm³/mol. The molecule has 1 aliphatic rings. The zero-order chi connectivity index (χ0) is 16.9. The average Bonchev–Trinajstić information content (AvgIpc) is 2.90. The van der Waals surface area contributed by atoms with Gasteiger partial charge >= 0.3 is 5.97 Å². The molecule has 6 nitrogen and oxygen atoms in total. The van der Waals surface area contributed by atoms with Crippen molar-refractivity contribution in [3.63, 3.8) is 0 Å².